The van der Waals surface area contributed by atoms with Crippen LogP contribution in [0.2, 0.25) is 0 Å². The van der Waals surface area contributed by atoms with Gasteiger partial charge in [0.15, 0.2) is 0 Å². The first kappa shape index (κ1) is 14.6. The maximum absolute atomic E-state index is 12.2. The van der Waals surface area contributed by atoms with Crippen molar-refractivity contribution in [2.45, 2.75) is 38.8 Å². The summed E-state index contributed by atoms with van der Waals surface area (Å²) in [6, 6.07) is -0.537. The van der Waals surface area contributed by atoms with Crippen LogP contribution in [0.5, 0.6) is 0 Å². The summed E-state index contributed by atoms with van der Waals surface area (Å²) in [6.45, 7) is 4.26. The summed E-state index contributed by atoms with van der Waals surface area (Å²) in [4.78, 5) is 28.4. The van der Waals surface area contributed by atoms with Crippen LogP contribution in [-0.4, -0.2) is 39.5 Å². The molecular weight excluding hydrogens is 258 g/mol. The molecule has 0 saturated carbocycles. The average molecular weight is 279 g/mol. The van der Waals surface area contributed by atoms with Crippen molar-refractivity contribution in [1.29, 1.82) is 0 Å². The number of nitroso groups, excluding NO2 is 1. The molecule has 7 nitrogen and oxygen atoms in total. The van der Waals surface area contributed by atoms with Crippen molar-refractivity contribution in [2.24, 2.45) is 16.8 Å². The van der Waals surface area contributed by atoms with E-state index < -0.39 is 6.04 Å². The number of amides is 1. The molecule has 1 atom stereocenters. The molecule has 0 spiro atoms. The van der Waals surface area contributed by atoms with Crippen LogP contribution in [0.4, 0.5) is 5.95 Å². The second kappa shape index (κ2) is 6.60. The minimum atomic E-state index is -0.537. The first-order valence-corrected chi connectivity index (χ1v) is 7.00. The summed E-state index contributed by atoms with van der Waals surface area (Å²) in [5.41, 5.74) is 5.96. The highest BCUT2D eigenvalue weighted by Crippen LogP contribution is 2.17. The number of piperidine rings is 1. The van der Waals surface area contributed by atoms with E-state index in [-0.39, 0.29) is 11.9 Å². The topological polar surface area (TPSA) is 93.6 Å². The van der Waals surface area contributed by atoms with Crippen LogP contribution in [-0.2, 0) is 11.3 Å². The lowest BCUT2D eigenvalue weighted by atomic mass is 9.98. The number of carbonyl (C=O) groups excluding carboxylic acids is 1. The maximum Gasteiger partial charge on any atom is 0.271 e. The molecule has 0 radical (unpaired) electrons. The zero-order valence-corrected chi connectivity index (χ0v) is 11.7. The Morgan fingerprint density at radius 3 is 2.90 bits per heavy atom. The summed E-state index contributed by atoms with van der Waals surface area (Å²) in [7, 11) is 0. The van der Waals surface area contributed by atoms with Crippen molar-refractivity contribution in [3.05, 3.63) is 17.3 Å². The molecule has 2 rings (SSSR count). The van der Waals surface area contributed by atoms with Crippen molar-refractivity contribution in [1.82, 2.24) is 14.5 Å². The summed E-state index contributed by atoms with van der Waals surface area (Å²) in [5, 5.41) is 2.82. The molecule has 1 unspecified atom stereocenters. The lowest BCUT2D eigenvalue weighted by Crippen LogP contribution is -2.47. The fourth-order valence-corrected chi connectivity index (χ4v) is 2.44. The highest BCUT2D eigenvalue weighted by atomic mass is 16.3. The number of nitrogens with two attached hydrogens (primary N) is 1. The van der Waals surface area contributed by atoms with E-state index in [1.54, 1.807) is 10.8 Å². The number of aryl methyl sites for hydroxylation is 1. The molecule has 1 aliphatic heterocycles. The van der Waals surface area contributed by atoms with Gasteiger partial charge in [-0.1, -0.05) is 6.92 Å². The predicted octanol–water partition coefficient (Wildman–Crippen LogP) is 1.26. The Morgan fingerprint density at radius 1 is 1.55 bits per heavy atom. The van der Waals surface area contributed by atoms with Crippen molar-refractivity contribution in [2.75, 3.05) is 13.1 Å². The molecule has 1 aromatic heterocycles. The minimum Gasteiger partial charge on any atom is -0.341 e. The van der Waals surface area contributed by atoms with E-state index in [1.165, 1.54) is 6.20 Å². The molecule has 110 valence electrons. The number of hydrogen-bond donors (Lipinski definition) is 1. The van der Waals surface area contributed by atoms with E-state index in [2.05, 4.69) is 17.1 Å². The van der Waals surface area contributed by atoms with Gasteiger partial charge in [-0.3, -0.25) is 4.79 Å². The first-order chi connectivity index (χ1) is 9.61. The van der Waals surface area contributed by atoms with E-state index in [1.807, 2.05) is 4.90 Å². The van der Waals surface area contributed by atoms with Crippen LogP contribution >= 0.6 is 0 Å². The van der Waals surface area contributed by atoms with Crippen molar-refractivity contribution >= 4 is 11.9 Å². The number of hydrogen-bond acceptors (Lipinski definition) is 5. The molecule has 0 aromatic carbocycles. The Kier molecular flexibility index (Phi) is 4.84. The van der Waals surface area contributed by atoms with Crippen LogP contribution in [0.1, 0.15) is 26.2 Å². The van der Waals surface area contributed by atoms with Gasteiger partial charge in [0, 0.05) is 37.2 Å². The van der Waals surface area contributed by atoms with Gasteiger partial charge in [0.2, 0.25) is 5.91 Å². The van der Waals surface area contributed by atoms with Gasteiger partial charge in [-0.25, -0.2) is 4.98 Å². The number of likely N-dealkylation sites (tertiary alicyclic amines) is 1. The van der Waals surface area contributed by atoms with E-state index in [0.717, 1.165) is 25.9 Å². The van der Waals surface area contributed by atoms with Gasteiger partial charge in [0.25, 0.3) is 5.95 Å². The largest absolute Gasteiger partial charge is 0.341 e. The number of nitrogens with zero attached hydrogens (tertiary/aromatic N) is 4. The first-order valence-electron chi connectivity index (χ1n) is 7.00. The normalized spacial score (nSPS) is 18.0. The SMILES string of the molecule is CC1CCN(C(=O)C(N)CCn2ccnc2N=O)CC1. The third-order valence-electron chi connectivity index (χ3n) is 3.87. The van der Waals surface area contributed by atoms with Crippen LogP contribution in [0.3, 0.4) is 0 Å². The zero-order chi connectivity index (χ0) is 14.5. The fourth-order valence-electron chi connectivity index (χ4n) is 2.44. The Labute approximate surface area is 118 Å². The number of carbonyl (C=O) groups is 1. The molecule has 1 aliphatic rings. The highest BCUT2D eigenvalue weighted by Gasteiger charge is 2.24. The second-order valence-corrected chi connectivity index (χ2v) is 5.41. The Bertz CT molecular complexity index is 465. The molecule has 20 heavy (non-hydrogen) atoms. The van der Waals surface area contributed by atoms with Gasteiger partial charge in [0.1, 0.15) is 0 Å². The van der Waals surface area contributed by atoms with Crippen molar-refractivity contribution in [3.63, 3.8) is 0 Å². The van der Waals surface area contributed by atoms with Gasteiger partial charge in [-0.2, -0.15) is 0 Å². The lowest BCUT2D eigenvalue weighted by molar-refractivity contribution is -0.134. The zero-order valence-electron chi connectivity index (χ0n) is 11.7. The third kappa shape index (κ3) is 3.41. The van der Waals surface area contributed by atoms with Crippen molar-refractivity contribution < 1.29 is 4.79 Å². The summed E-state index contributed by atoms with van der Waals surface area (Å²) in [5.74, 6) is 0.802. The molecule has 1 aromatic rings. The number of imidazole rings is 1. The molecule has 1 fully saturated rings. The standard InChI is InChI=1S/C13H21N5O2/c1-10-2-6-17(7-3-10)12(19)11(14)4-8-18-9-5-15-13(18)16-20/h5,9-11H,2-4,6-8,14H2,1H3. The molecule has 1 saturated heterocycles. The van der Waals surface area contributed by atoms with Crippen LogP contribution in [0.25, 0.3) is 0 Å². The van der Waals surface area contributed by atoms with E-state index in [4.69, 9.17) is 5.73 Å². The summed E-state index contributed by atoms with van der Waals surface area (Å²) < 4.78 is 1.61. The van der Waals surface area contributed by atoms with Crippen LogP contribution in [0.15, 0.2) is 17.6 Å². The molecule has 7 heteroatoms. The van der Waals surface area contributed by atoms with Gasteiger partial charge in [0.05, 0.1) is 6.04 Å². The third-order valence-corrected chi connectivity index (χ3v) is 3.87. The number of aromatic nitrogens is 2. The molecule has 0 bridgehead atoms. The minimum absolute atomic E-state index is 0.00220. The molecule has 2 N–H and O–H groups in total. The quantitative estimate of drug-likeness (QED) is 0.821. The highest BCUT2D eigenvalue weighted by molar-refractivity contribution is 5.81. The van der Waals surface area contributed by atoms with E-state index >= 15 is 0 Å². The summed E-state index contributed by atoms with van der Waals surface area (Å²) in [6.07, 6.45) is 5.73. The second-order valence-electron chi connectivity index (χ2n) is 5.41. The Hall–Kier alpha value is -1.76. The van der Waals surface area contributed by atoms with Gasteiger partial charge in [-0.05, 0) is 25.2 Å². The van der Waals surface area contributed by atoms with Crippen molar-refractivity contribution in [3.8, 4) is 0 Å². The maximum atomic E-state index is 12.2. The van der Waals surface area contributed by atoms with E-state index in [0.29, 0.717) is 18.9 Å². The molecule has 0 aliphatic carbocycles. The monoisotopic (exact) mass is 279 g/mol. The average Bonchev–Trinajstić information content (AvgIpc) is 2.92. The van der Waals surface area contributed by atoms with Gasteiger partial charge >= 0.3 is 0 Å². The fraction of sp³-hybridized carbons (Fsp3) is 0.692. The van der Waals surface area contributed by atoms with Crippen LogP contribution < -0.4 is 5.73 Å². The molecule has 1 amide bonds. The molecule has 2 heterocycles. The Balaban J connectivity index is 1.83. The molecular formula is C13H21N5O2. The van der Waals surface area contributed by atoms with Crippen LogP contribution in [0, 0.1) is 10.8 Å². The number of rotatable bonds is 5. The van der Waals surface area contributed by atoms with Gasteiger partial charge < -0.3 is 15.2 Å². The van der Waals surface area contributed by atoms with E-state index in [9.17, 15) is 9.70 Å². The lowest BCUT2D eigenvalue weighted by Gasteiger charge is -2.32. The van der Waals surface area contributed by atoms with Gasteiger partial charge in [-0.15, -0.1) is 4.91 Å². The smallest absolute Gasteiger partial charge is 0.271 e. The summed E-state index contributed by atoms with van der Waals surface area (Å²) >= 11 is 0. The Morgan fingerprint density at radius 2 is 2.25 bits per heavy atom. The predicted molar refractivity (Wildman–Crippen MR) is 75.3 cm³/mol.